The van der Waals surface area contributed by atoms with E-state index in [1.807, 2.05) is 18.7 Å². The van der Waals surface area contributed by atoms with Gasteiger partial charge in [-0.15, -0.1) is 0 Å². The van der Waals surface area contributed by atoms with Crippen molar-refractivity contribution in [2.24, 2.45) is 11.8 Å². The molecule has 3 fully saturated rings. The van der Waals surface area contributed by atoms with E-state index >= 15 is 0 Å². The van der Waals surface area contributed by atoms with Gasteiger partial charge in [0.1, 0.15) is 6.10 Å². The van der Waals surface area contributed by atoms with Crippen molar-refractivity contribution < 1.29 is 17.9 Å². The Hall–Kier alpha value is -0.660. The summed E-state index contributed by atoms with van der Waals surface area (Å²) >= 11 is 0. The predicted octanol–water partition coefficient (Wildman–Crippen LogP) is 1.07. The Balaban J connectivity index is 1.66. The average molecular weight is 344 g/mol. The van der Waals surface area contributed by atoms with Crippen molar-refractivity contribution >= 4 is 15.9 Å². The van der Waals surface area contributed by atoms with E-state index in [9.17, 15) is 13.2 Å². The van der Waals surface area contributed by atoms with E-state index in [1.54, 1.807) is 4.31 Å². The van der Waals surface area contributed by atoms with E-state index in [0.29, 0.717) is 45.1 Å². The number of carbonyl (C=O) groups is 1. The third-order valence-electron chi connectivity index (χ3n) is 5.25. The van der Waals surface area contributed by atoms with Gasteiger partial charge in [0, 0.05) is 32.8 Å². The second-order valence-electron chi connectivity index (χ2n) is 7.46. The monoisotopic (exact) mass is 344 g/mol. The minimum atomic E-state index is -3.21. The molecule has 6 nitrogen and oxygen atoms in total. The molecule has 0 N–H and O–H groups in total. The molecule has 0 spiro atoms. The van der Waals surface area contributed by atoms with Crippen LogP contribution in [0, 0.1) is 11.8 Å². The lowest BCUT2D eigenvalue weighted by Crippen LogP contribution is -2.40. The molecule has 7 heteroatoms. The van der Waals surface area contributed by atoms with Gasteiger partial charge in [-0.3, -0.25) is 4.79 Å². The van der Waals surface area contributed by atoms with E-state index in [1.165, 1.54) is 0 Å². The first-order valence-electron chi connectivity index (χ1n) is 8.79. The summed E-state index contributed by atoms with van der Waals surface area (Å²) in [6, 6.07) is 0. The van der Waals surface area contributed by atoms with Gasteiger partial charge < -0.3 is 9.64 Å². The van der Waals surface area contributed by atoms with Crippen LogP contribution >= 0.6 is 0 Å². The van der Waals surface area contributed by atoms with E-state index in [4.69, 9.17) is 4.74 Å². The second kappa shape index (κ2) is 6.69. The summed E-state index contributed by atoms with van der Waals surface area (Å²) in [5.74, 6) is 0.546. The highest BCUT2D eigenvalue weighted by molar-refractivity contribution is 7.90. The molecule has 0 bridgehead atoms. The highest BCUT2D eigenvalue weighted by Crippen LogP contribution is 2.35. The molecule has 0 aromatic heterocycles. The molecule has 0 radical (unpaired) electrons. The number of ether oxygens (including phenoxy) is 1. The molecule has 3 aliphatic rings. The lowest BCUT2D eigenvalue weighted by molar-refractivity contribution is -0.140. The largest absolute Gasteiger partial charge is 0.368 e. The molecule has 1 amide bonds. The molecule has 3 atom stereocenters. The first-order valence-corrected chi connectivity index (χ1v) is 10.3. The maximum absolute atomic E-state index is 12.7. The van der Waals surface area contributed by atoms with E-state index in [-0.39, 0.29) is 23.2 Å². The quantitative estimate of drug-likeness (QED) is 0.768. The van der Waals surface area contributed by atoms with Crippen molar-refractivity contribution in [1.82, 2.24) is 9.21 Å². The summed E-state index contributed by atoms with van der Waals surface area (Å²) in [5.41, 5.74) is 0. The molecule has 132 valence electrons. The standard InChI is InChI=1S/C16H28N2O4S/c1-12(2)10-18-11-13-5-7-17(8-6-15(13)23(18,20)21)16(19)14-4-3-9-22-14/h12-15H,3-11H2,1-2H3/t13-,14?,15-/m0/s1. The first-order chi connectivity index (χ1) is 10.9. The van der Waals surface area contributed by atoms with Gasteiger partial charge in [-0.2, -0.15) is 0 Å². The van der Waals surface area contributed by atoms with Crippen LogP contribution in [0.4, 0.5) is 0 Å². The predicted molar refractivity (Wildman–Crippen MR) is 87.4 cm³/mol. The van der Waals surface area contributed by atoms with Crippen LogP contribution < -0.4 is 0 Å². The Morgan fingerprint density at radius 1 is 1.22 bits per heavy atom. The van der Waals surface area contributed by atoms with Crippen molar-refractivity contribution in [1.29, 1.82) is 0 Å². The SMILES string of the molecule is CC(C)CN1C[C@@H]2CCN(C(=O)C3CCCO3)CC[C@@H]2S1(=O)=O. The number of sulfonamides is 1. The number of fused-ring (bicyclic) bond motifs is 1. The molecule has 3 heterocycles. The Morgan fingerprint density at radius 3 is 2.61 bits per heavy atom. The van der Waals surface area contributed by atoms with Crippen LogP contribution in [0.25, 0.3) is 0 Å². The summed E-state index contributed by atoms with van der Waals surface area (Å²) in [4.78, 5) is 14.3. The van der Waals surface area contributed by atoms with Crippen LogP contribution in [-0.4, -0.2) is 67.7 Å². The Bertz CT molecular complexity index is 542. The normalized spacial score (nSPS) is 34.6. The Morgan fingerprint density at radius 2 is 1.96 bits per heavy atom. The van der Waals surface area contributed by atoms with Gasteiger partial charge in [-0.25, -0.2) is 12.7 Å². The number of amides is 1. The van der Waals surface area contributed by atoms with Crippen molar-refractivity contribution in [3.63, 3.8) is 0 Å². The summed E-state index contributed by atoms with van der Waals surface area (Å²) in [6.45, 7) is 7.17. The number of carbonyl (C=O) groups excluding carboxylic acids is 1. The van der Waals surface area contributed by atoms with Crippen molar-refractivity contribution in [3.8, 4) is 0 Å². The average Bonchev–Trinajstić information content (AvgIpc) is 3.01. The highest BCUT2D eigenvalue weighted by atomic mass is 32.2. The van der Waals surface area contributed by atoms with Crippen LogP contribution in [0.15, 0.2) is 0 Å². The minimum absolute atomic E-state index is 0.0545. The van der Waals surface area contributed by atoms with Gasteiger partial charge in [0.2, 0.25) is 10.0 Å². The summed E-state index contributed by atoms with van der Waals surface area (Å²) < 4.78 is 32.7. The maximum atomic E-state index is 12.7. The van der Waals surface area contributed by atoms with Gasteiger partial charge >= 0.3 is 0 Å². The lowest BCUT2D eigenvalue weighted by Gasteiger charge is -2.24. The zero-order chi connectivity index (χ0) is 16.6. The van der Waals surface area contributed by atoms with Gasteiger partial charge in [0.05, 0.1) is 5.25 Å². The summed E-state index contributed by atoms with van der Waals surface area (Å²) in [5, 5.41) is -0.316. The molecule has 3 rings (SSSR count). The van der Waals surface area contributed by atoms with Gasteiger partial charge in [0.15, 0.2) is 0 Å². The third kappa shape index (κ3) is 3.42. The van der Waals surface area contributed by atoms with E-state index in [0.717, 1.165) is 19.3 Å². The Labute approximate surface area is 139 Å². The smallest absolute Gasteiger partial charge is 0.251 e. The third-order valence-corrected chi connectivity index (χ3v) is 7.65. The highest BCUT2D eigenvalue weighted by Gasteiger charge is 2.47. The Kier molecular flexibility index (Phi) is 4.99. The minimum Gasteiger partial charge on any atom is -0.368 e. The molecular formula is C16H28N2O4S. The van der Waals surface area contributed by atoms with Gasteiger partial charge in [-0.1, -0.05) is 13.8 Å². The van der Waals surface area contributed by atoms with Crippen molar-refractivity contribution in [2.75, 3.05) is 32.8 Å². The van der Waals surface area contributed by atoms with Crippen molar-refractivity contribution in [2.45, 2.75) is 50.9 Å². The van der Waals surface area contributed by atoms with Crippen LogP contribution in [-0.2, 0) is 19.6 Å². The summed E-state index contributed by atoms with van der Waals surface area (Å²) in [7, 11) is -3.21. The molecule has 3 aliphatic heterocycles. The number of hydrogen-bond donors (Lipinski definition) is 0. The fourth-order valence-electron chi connectivity index (χ4n) is 4.08. The molecular weight excluding hydrogens is 316 g/mol. The topological polar surface area (TPSA) is 66.9 Å². The fraction of sp³-hybridized carbons (Fsp3) is 0.938. The molecule has 0 aliphatic carbocycles. The molecule has 0 aromatic carbocycles. The molecule has 0 saturated carbocycles. The van der Waals surface area contributed by atoms with E-state index in [2.05, 4.69) is 0 Å². The van der Waals surface area contributed by atoms with E-state index < -0.39 is 10.0 Å². The van der Waals surface area contributed by atoms with Gasteiger partial charge in [0.25, 0.3) is 5.91 Å². The molecule has 3 saturated heterocycles. The zero-order valence-corrected chi connectivity index (χ0v) is 14.9. The maximum Gasteiger partial charge on any atom is 0.251 e. The van der Waals surface area contributed by atoms with Gasteiger partial charge in [-0.05, 0) is 37.5 Å². The first kappa shape index (κ1) is 17.2. The number of rotatable bonds is 3. The zero-order valence-electron chi connectivity index (χ0n) is 14.1. The second-order valence-corrected chi connectivity index (χ2v) is 9.61. The molecule has 23 heavy (non-hydrogen) atoms. The lowest BCUT2D eigenvalue weighted by atomic mass is 10.0. The van der Waals surface area contributed by atoms with Crippen LogP contribution in [0.1, 0.15) is 39.5 Å². The van der Waals surface area contributed by atoms with Crippen LogP contribution in [0.3, 0.4) is 0 Å². The van der Waals surface area contributed by atoms with Crippen molar-refractivity contribution in [3.05, 3.63) is 0 Å². The number of hydrogen-bond acceptors (Lipinski definition) is 4. The number of likely N-dealkylation sites (tertiary alicyclic amines) is 1. The molecule has 1 unspecified atom stereocenters. The number of nitrogens with zero attached hydrogens (tertiary/aromatic N) is 2. The van der Waals surface area contributed by atoms with Crippen LogP contribution in [0.2, 0.25) is 0 Å². The fourth-order valence-corrected chi connectivity index (χ4v) is 6.48. The molecule has 0 aromatic rings. The summed E-state index contributed by atoms with van der Waals surface area (Å²) in [6.07, 6.45) is 2.76. The van der Waals surface area contributed by atoms with Crippen LogP contribution in [0.5, 0.6) is 0 Å².